The van der Waals surface area contributed by atoms with E-state index >= 15 is 0 Å². The van der Waals surface area contributed by atoms with Crippen LogP contribution in [0.2, 0.25) is 0 Å². The first-order valence-corrected chi connectivity index (χ1v) is 9.71. The molecule has 0 radical (unpaired) electrons. The Bertz CT molecular complexity index is 1060. The third-order valence-electron chi connectivity index (χ3n) is 4.44. The van der Waals surface area contributed by atoms with Gasteiger partial charge in [-0.15, -0.1) is 0 Å². The Labute approximate surface area is 157 Å². The molecule has 1 aromatic heterocycles. The Hall–Kier alpha value is -2.71. The standard InChI is InChI=1S/C19H20FN3O3S/c1-13-16(11-21-23(13)2)12-22-27(24,25)17-7-4-14(5-8-17)15-6-9-19(26-3)18(20)10-15/h4-11,22H,12H2,1-3H3. The molecule has 2 aromatic carbocycles. The summed E-state index contributed by atoms with van der Waals surface area (Å²) in [6.07, 6.45) is 1.64. The molecule has 0 fully saturated rings. The van der Waals surface area contributed by atoms with Crippen molar-refractivity contribution in [2.24, 2.45) is 7.05 Å². The van der Waals surface area contributed by atoms with Crippen LogP contribution in [-0.2, 0) is 23.6 Å². The van der Waals surface area contributed by atoms with Crippen LogP contribution >= 0.6 is 0 Å². The molecule has 27 heavy (non-hydrogen) atoms. The van der Waals surface area contributed by atoms with Gasteiger partial charge in [0.2, 0.25) is 10.0 Å². The van der Waals surface area contributed by atoms with Crippen molar-refractivity contribution in [1.29, 1.82) is 0 Å². The second-order valence-corrected chi connectivity index (χ2v) is 7.84. The zero-order chi connectivity index (χ0) is 19.6. The van der Waals surface area contributed by atoms with E-state index in [-0.39, 0.29) is 17.2 Å². The second-order valence-electron chi connectivity index (χ2n) is 6.08. The Kier molecular flexibility index (Phi) is 5.29. The highest BCUT2D eigenvalue weighted by Crippen LogP contribution is 2.26. The minimum absolute atomic E-state index is 0.141. The molecule has 142 valence electrons. The van der Waals surface area contributed by atoms with Crippen molar-refractivity contribution >= 4 is 10.0 Å². The smallest absolute Gasteiger partial charge is 0.240 e. The van der Waals surface area contributed by atoms with Crippen LogP contribution in [0.1, 0.15) is 11.3 Å². The van der Waals surface area contributed by atoms with E-state index in [1.165, 1.54) is 31.4 Å². The predicted octanol–water partition coefficient (Wildman–Crippen LogP) is 3.02. The number of nitrogens with zero attached hydrogens (tertiary/aromatic N) is 2. The van der Waals surface area contributed by atoms with Crippen molar-refractivity contribution in [2.45, 2.75) is 18.4 Å². The maximum absolute atomic E-state index is 13.9. The van der Waals surface area contributed by atoms with E-state index in [9.17, 15) is 12.8 Å². The van der Waals surface area contributed by atoms with Crippen molar-refractivity contribution in [1.82, 2.24) is 14.5 Å². The third-order valence-corrected chi connectivity index (χ3v) is 5.86. The molecule has 8 heteroatoms. The van der Waals surface area contributed by atoms with E-state index in [1.807, 2.05) is 6.92 Å². The van der Waals surface area contributed by atoms with Crippen LogP contribution in [0.3, 0.4) is 0 Å². The van der Waals surface area contributed by atoms with Crippen LogP contribution in [0.4, 0.5) is 4.39 Å². The van der Waals surface area contributed by atoms with Gasteiger partial charge in [-0.2, -0.15) is 5.10 Å². The molecule has 0 bridgehead atoms. The maximum Gasteiger partial charge on any atom is 0.240 e. The van der Waals surface area contributed by atoms with Crippen molar-refractivity contribution in [3.8, 4) is 16.9 Å². The molecule has 3 aromatic rings. The van der Waals surface area contributed by atoms with Crippen molar-refractivity contribution in [3.05, 3.63) is 65.7 Å². The van der Waals surface area contributed by atoms with Gasteiger partial charge >= 0.3 is 0 Å². The third kappa shape index (κ3) is 4.01. The minimum atomic E-state index is -3.66. The number of aromatic nitrogens is 2. The molecule has 3 rings (SSSR count). The van der Waals surface area contributed by atoms with Crippen LogP contribution in [0, 0.1) is 12.7 Å². The number of methoxy groups -OCH3 is 1. The molecule has 0 aliphatic heterocycles. The molecule has 1 heterocycles. The number of hydrogen-bond donors (Lipinski definition) is 1. The van der Waals surface area contributed by atoms with E-state index in [2.05, 4.69) is 9.82 Å². The van der Waals surface area contributed by atoms with Gasteiger partial charge in [-0.1, -0.05) is 18.2 Å². The Morgan fingerprint density at radius 3 is 2.37 bits per heavy atom. The molecule has 0 aliphatic rings. The van der Waals surface area contributed by atoms with Crippen molar-refractivity contribution < 1.29 is 17.5 Å². The van der Waals surface area contributed by atoms with E-state index in [0.29, 0.717) is 11.1 Å². The topological polar surface area (TPSA) is 73.2 Å². The number of aryl methyl sites for hydroxylation is 1. The van der Waals surface area contributed by atoms with Gasteiger partial charge in [-0.05, 0) is 42.3 Å². The fourth-order valence-corrected chi connectivity index (χ4v) is 3.65. The van der Waals surface area contributed by atoms with Gasteiger partial charge in [0, 0.05) is 24.8 Å². The lowest BCUT2D eigenvalue weighted by atomic mass is 10.1. The zero-order valence-corrected chi connectivity index (χ0v) is 16.0. The molecule has 0 amide bonds. The highest BCUT2D eigenvalue weighted by molar-refractivity contribution is 7.89. The summed E-state index contributed by atoms with van der Waals surface area (Å²) in [6.45, 7) is 2.03. The van der Waals surface area contributed by atoms with Crippen molar-refractivity contribution in [3.63, 3.8) is 0 Å². The van der Waals surface area contributed by atoms with Gasteiger partial charge in [0.25, 0.3) is 0 Å². The highest BCUT2D eigenvalue weighted by atomic mass is 32.2. The maximum atomic E-state index is 13.9. The normalized spacial score (nSPS) is 11.6. The molecule has 0 saturated heterocycles. The second kappa shape index (κ2) is 7.50. The van der Waals surface area contributed by atoms with E-state index in [4.69, 9.17) is 4.74 Å². The van der Waals surface area contributed by atoms with Gasteiger partial charge in [-0.25, -0.2) is 17.5 Å². The first-order valence-electron chi connectivity index (χ1n) is 8.23. The molecular formula is C19H20FN3O3S. The van der Waals surface area contributed by atoms with Gasteiger partial charge in [0.15, 0.2) is 11.6 Å². The Morgan fingerprint density at radius 2 is 1.81 bits per heavy atom. The average molecular weight is 389 g/mol. The summed E-state index contributed by atoms with van der Waals surface area (Å²) < 4.78 is 48.0. The number of benzene rings is 2. The monoisotopic (exact) mass is 389 g/mol. The van der Waals surface area contributed by atoms with Crippen LogP contribution in [0.15, 0.2) is 53.6 Å². The minimum Gasteiger partial charge on any atom is -0.494 e. The average Bonchev–Trinajstić information content (AvgIpc) is 2.98. The van der Waals surface area contributed by atoms with Crippen LogP contribution in [0.5, 0.6) is 5.75 Å². The molecule has 0 aliphatic carbocycles. The lowest BCUT2D eigenvalue weighted by molar-refractivity contribution is 0.386. The lowest BCUT2D eigenvalue weighted by Crippen LogP contribution is -2.23. The largest absolute Gasteiger partial charge is 0.494 e. The van der Waals surface area contributed by atoms with Crippen molar-refractivity contribution in [2.75, 3.05) is 7.11 Å². The predicted molar refractivity (Wildman–Crippen MR) is 100 cm³/mol. The first kappa shape index (κ1) is 19.1. The van der Waals surface area contributed by atoms with Crippen LogP contribution in [0.25, 0.3) is 11.1 Å². The van der Waals surface area contributed by atoms with E-state index in [1.54, 1.807) is 36.1 Å². The summed E-state index contributed by atoms with van der Waals surface area (Å²) >= 11 is 0. The summed E-state index contributed by atoms with van der Waals surface area (Å²) in [5.74, 6) is -0.312. The van der Waals surface area contributed by atoms with E-state index in [0.717, 1.165) is 11.3 Å². The summed E-state index contributed by atoms with van der Waals surface area (Å²) in [5, 5.41) is 4.10. The molecule has 0 spiro atoms. The summed E-state index contributed by atoms with van der Waals surface area (Å²) in [7, 11) is -0.465. The SMILES string of the molecule is COc1ccc(-c2ccc(S(=O)(=O)NCc3cnn(C)c3C)cc2)cc1F. The fourth-order valence-electron chi connectivity index (χ4n) is 2.65. The number of sulfonamides is 1. The fraction of sp³-hybridized carbons (Fsp3) is 0.211. The molecule has 0 saturated carbocycles. The molecule has 0 unspecified atom stereocenters. The highest BCUT2D eigenvalue weighted by Gasteiger charge is 2.15. The Morgan fingerprint density at radius 1 is 1.15 bits per heavy atom. The number of rotatable bonds is 6. The summed E-state index contributed by atoms with van der Waals surface area (Å²) in [4.78, 5) is 0.141. The van der Waals surface area contributed by atoms with E-state index < -0.39 is 15.8 Å². The molecule has 6 nitrogen and oxygen atoms in total. The zero-order valence-electron chi connectivity index (χ0n) is 15.2. The van der Waals surface area contributed by atoms with Gasteiger partial charge < -0.3 is 4.74 Å². The van der Waals surface area contributed by atoms with Crippen LogP contribution < -0.4 is 9.46 Å². The summed E-state index contributed by atoms with van der Waals surface area (Å²) in [5.41, 5.74) is 3.05. The number of hydrogen-bond acceptors (Lipinski definition) is 4. The first-order chi connectivity index (χ1) is 12.8. The Balaban J connectivity index is 1.77. The summed E-state index contributed by atoms with van der Waals surface area (Å²) in [6, 6.07) is 10.9. The van der Waals surface area contributed by atoms with Gasteiger partial charge in [0.05, 0.1) is 18.2 Å². The molecule has 0 atom stereocenters. The number of nitrogens with one attached hydrogen (secondary N) is 1. The number of halogens is 1. The van der Waals surface area contributed by atoms with Gasteiger partial charge in [-0.3, -0.25) is 4.68 Å². The quantitative estimate of drug-likeness (QED) is 0.703. The lowest BCUT2D eigenvalue weighted by Gasteiger charge is -2.09. The van der Waals surface area contributed by atoms with Crippen LogP contribution in [-0.4, -0.2) is 25.3 Å². The molecular weight excluding hydrogens is 369 g/mol. The van der Waals surface area contributed by atoms with Gasteiger partial charge in [0.1, 0.15) is 0 Å². The number of ether oxygens (including phenoxy) is 1. The molecule has 1 N–H and O–H groups in total.